The zero-order valence-corrected chi connectivity index (χ0v) is 13.6. The van der Waals surface area contributed by atoms with Crippen LogP contribution in [-0.2, 0) is 0 Å². The van der Waals surface area contributed by atoms with Crippen molar-refractivity contribution in [3.05, 3.63) is 29.8 Å². The number of ether oxygens (including phenoxy) is 1. The molecule has 4 heteroatoms. The van der Waals surface area contributed by atoms with Crippen LogP contribution in [0.3, 0.4) is 0 Å². The third-order valence-corrected chi connectivity index (χ3v) is 4.28. The second-order valence-electron chi connectivity index (χ2n) is 6.25. The van der Waals surface area contributed by atoms with Crippen molar-refractivity contribution in [2.24, 2.45) is 5.92 Å². The normalized spacial score (nSPS) is 18.1. The largest absolute Gasteiger partial charge is 0.491 e. The van der Waals surface area contributed by atoms with Gasteiger partial charge in [0, 0.05) is 18.5 Å². The molecule has 1 atom stereocenters. The Hall–Kier alpha value is -1.39. The zero-order chi connectivity index (χ0) is 15.9. The molecule has 2 rings (SSSR count). The number of aliphatic hydroxyl groups excluding tert-OH is 1. The van der Waals surface area contributed by atoms with Gasteiger partial charge in [-0.15, -0.1) is 0 Å². The van der Waals surface area contributed by atoms with E-state index in [4.69, 9.17) is 4.74 Å². The van der Waals surface area contributed by atoms with Gasteiger partial charge in [0.05, 0.1) is 0 Å². The molecule has 1 aromatic carbocycles. The van der Waals surface area contributed by atoms with E-state index in [-0.39, 0.29) is 12.4 Å². The molecule has 0 saturated carbocycles. The number of nitrogens with zero attached hydrogens (tertiary/aromatic N) is 1. The zero-order valence-electron chi connectivity index (χ0n) is 13.6. The Morgan fingerprint density at radius 2 is 1.95 bits per heavy atom. The molecule has 1 fully saturated rings. The second-order valence-corrected chi connectivity index (χ2v) is 6.25. The molecular weight excluding hydrogens is 278 g/mol. The summed E-state index contributed by atoms with van der Waals surface area (Å²) < 4.78 is 5.61. The number of likely N-dealkylation sites (tertiary alicyclic amines) is 1. The van der Waals surface area contributed by atoms with Crippen molar-refractivity contribution in [3.63, 3.8) is 0 Å². The van der Waals surface area contributed by atoms with Gasteiger partial charge in [-0.1, -0.05) is 13.8 Å². The number of carbonyl (C=O) groups is 1. The minimum Gasteiger partial charge on any atom is -0.491 e. The molecule has 0 unspecified atom stereocenters. The number of aliphatic hydroxyl groups is 1. The number of hydrogen-bond acceptors (Lipinski definition) is 4. The van der Waals surface area contributed by atoms with E-state index in [1.807, 2.05) is 6.92 Å². The fraction of sp³-hybridized carbons (Fsp3) is 0.611. The molecule has 0 aliphatic carbocycles. The Bertz CT molecular complexity index is 464. The minimum atomic E-state index is -0.481. The van der Waals surface area contributed by atoms with Gasteiger partial charge < -0.3 is 14.7 Å². The Morgan fingerprint density at radius 1 is 1.32 bits per heavy atom. The van der Waals surface area contributed by atoms with Gasteiger partial charge in [0.25, 0.3) is 0 Å². The highest BCUT2D eigenvalue weighted by atomic mass is 16.5. The first-order valence-electron chi connectivity index (χ1n) is 8.25. The smallest absolute Gasteiger partial charge is 0.162 e. The summed E-state index contributed by atoms with van der Waals surface area (Å²) in [6.07, 6.45) is 2.44. The standard InChI is InChI=1S/C18H27NO3/c1-3-18(21)15-4-6-17(7-5-15)22-13-16(20)12-19-10-8-14(2)9-11-19/h4-7,14,16,20H,3,8-13H2,1-2H3/t16-/m0/s1. The second kappa shape index (κ2) is 8.30. The number of rotatable bonds is 7. The van der Waals surface area contributed by atoms with Crippen molar-refractivity contribution >= 4 is 5.78 Å². The van der Waals surface area contributed by atoms with Crippen molar-refractivity contribution in [2.45, 2.75) is 39.2 Å². The summed E-state index contributed by atoms with van der Waals surface area (Å²) in [5, 5.41) is 10.1. The first-order valence-corrected chi connectivity index (χ1v) is 8.25. The molecule has 0 spiro atoms. The maximum atomic E-state index is 11.5. The van der Waals surface area contributed by atoms with E-state index in [0.717, 1.165) is 19.0 Å². The lowest BCUT2D eigenvalue weighted by Crippen LogP contribution is -2.40. The van der Waals surface area contributed by atoms with Crippen LogP contribution in [0.25, 0.3) is 0 Å². The number of ketones is 1. The number of piperidine rings is 1. The van der Waals surface area contributed by atoms with Gasteiger partial charge in [-0.3, -0.25) is 4.79 Å². The van der Waals surface area contributed by atoms with Crippen LogP contribution in [-0.4, -0.2) is 48.1 Å². The molecule has 122 valence electrons. The van der Waals surface area contributed by atoms with Gasteiger partial charge in [0.15, 0.2) is 5.78 Å². The van der Waals surface area contributed by atoms with Crippen molar-refractivity contribution in [3.8, 4) is 5.75 Å². The maximum Gasteiger partial charge on any atom is 0.162 e. The summed E-state index contributed by atoms with van der Waals surface area (Å²) in [4.78, 5) is 13.9. The van der Waals surface area contributed by atoms with Crippen molar-refractivity contribution in [1.29, 1.82) is 0 Å². The molecule has 1 aliphatic heterocycles. The minimum absolute atomic E-state index is 0.130. The van der Waals surface area contributed by atoms with E-state index in [2.05, 4.69) is 11.8 Å². The van der Waals surface area contributed by atoms with Crippen LogP contribution in [0.5, 0.6) is 5.75 Å². The van der Waals surface area contributed by atoms with Crippen molar-refractivity contribution in [1.82, 2.24) is 4.90 Å². The average molecular weight is 305 g/mol. The molecule has 1 heterocycles. The van der Waals surface area contributed by atoms with E-state index < -0.39 is 6.10 Å². The molecule has 1 aromatic rings. The molecular formula is C18H27NO3. The lowest BCUT2D eigenvalue weighted by atomic mass is 9.99. The number of hydrogen-bond donors (Lipinski definition) is 1. The van der Waals surface area contributed by atoms with E-state index in [1.54, 1.807) is 24.3 Å². The van der Waals surface area contributed by atoms with Crippen LogP contribution in [0.4, 0.5) is 0 Å². The van der Waals surface area contributed by atoms with Gasteiger partial charge >= 0.3 is 0 Å². The monoisotopic (exact) mass is 305 g/mol. The average Bonchev–Trinajstić information content (AvgIpc) is 2.55. The van der Waals surface area contributed by atoms with E-state index in [1.165, 1.54) is 12.8 Å². The van der Waals surface area contributed by atoms with E-state index in [9.17, 15) is 9.90 Å². The maximum absolute atomic E-state index is 11.5. The van der Waals surface area contributed by atoms with Gasteiger partial charge in [-0.05, 0) is 56.1 Å². The van der Waals surface area contributed by atoms with Crippen LogP contribution in [0.1, 0.15) is 43.5 Å². The molecule has 4 nitrogen and oxygen atoms in total. The lowest BCUT2D eigenvalue weighted by Gasteiger charge is -2.31. The molecule has 0 aromatic heterocycles. The summed E-state index contributed by atoms with van der Waals surface area (Å²) >= 11 is 0. The molecule has 0 bridgehead atoms. The Morgan fingerprint density at radius 3 is 2.55 bits per heavy atom. The van der Waals surface area contributed by atoms with Gasteiger partial charge in [0.2, 0.25) is 0 Å². The molecule has 1 N–H and O–H groups in total. The van der Waals surface area contributed by atoms with E-state index in [0.29, 0.717) is 24.3 Å². The lowest BCUT2D eigenvalue weighted by molar-refractivity contribution is 0.0563. The molecule has 22 heavy (non-hydrogen) atoms. The first kappa shape index (κ1) is 17.0. The predicted octanol–water partition coefficient (Wildman–Crippen LogP) is 2.75. The number of Topliss-reactive ketones (excluding diaryl/α,β-unsaturated/α-hetero) is 1. The third-order valence-electron chi connectivity index (χ3n) is 4.28. The Balaban J connectivity index is 1.74. The fourth-order valence-corrected chi connectivity index (χ4v) is 2.73. The van der Waals surface area contributed by atoms with Gasteiger partial charge in [-0.25, -0.2) is 0 Å². The van der Waals surface area contributed by atoms with Crippen LogP contribution in [0.15, 0.2) is 24.3 Å². The van der Waals surface area contributed by atoms with Crippen molar-refractivity contribution < 1.29 is 14.6 Å². The third kappa shape index (κ3) is 5.11. The SMILES string of the molecule is CCC(=O)c1ccc(OC[C@@H](O)CN2CCC(C)CC2)cc1. The van der Waals surface area contributed by atoms with Crippen LogP contribution in [0.2, 0.25) is 0 Å². The van der Waals surface area contributed by atoms with E-state index >= 15 is 0 Å². The van der Waals surface area contributed by atoms with Crippen LogP contribution >= 0.6 is 0 Å². The van der Waals surface area contributed by atoms with Gasteiger partial charge in [0.1, 0.15) is 18.5 Å². The van der Waals surface area contributed by atoms with Gasteiger partial charge in [-0.2, -0.15) is 0 Å². The highest BCUT2D eigenvalue weighted by Gasteiger charge is 2.18. The summed E-state index contributed by atoms with van der Waals surface area (Å²) in [7, 11) is 0. The van der Waals surface area contributed by atoms with Crippen LogP contribution in [0, 0.1) is 5.92 Å². The number of carbonyl (C=O) groups excluding carboxylic acids is 1. The molecule has 1 saturated heterocycles. The summed E-state index contributed by atoms with van der Waals surface area (Å²) in [5.74, 6) is 1.62. The summed E-state index contributed by atoms with van der Waals surface area (Å²) in [6, 6.07) is 7.13. The Labute approximate surface area is 133 Å². The summed E-state index contributed by atoms with van der Waals surface area (Å²) in [5.41, 5.74) is 0.706. The highest BCUT2D eigenvalue weighted by molar-refractivity contribution is 5.95. The number of β-amino-alcohol motifs (C(OH)–C–C–N with tert-alkyl or cyclic N) is 1. The quantitative estimate of drug-likeness (QED) is 0.787. The topological polar surface area (TPSA) is 49.8 Å². The predicted molar refractivity (Wildman–Crippen MR) is 87.4 cm³/mol. The molecule has 1 aliphatic rings. The molecule has 0 radical (unpaired) electrons. The van der Waals surface area contributed by atoms with Crippen LogP contribution < -0.4 is 4.74 Å². The Kier molecular flexibility index (Phi) is 6.40. The number of benzene rings is 1. The first-order chi connectivity index (χ1) is 10.6. The summed E-state index contributed by atoms with van der Waals surface area (Å²) in [6.45, 7) is 7.21. The van der Waals surface area contributed by atoms with Crippen molar-refractivity contribution in [2.75, 3.05) is 26.2 Å². The highest BCUT2D eigenvalue weighted by Crippen LogP contribution is 2.17. The molecule has 0 amide bonds. The fourth-order valence-electron chi connectivity index (χ4n) is 2.73.